The normalized spacial score (nSPS) is 20.4. The Morgan fingerprint density at radius 1 is 0.839 bits per heavy atom. The van der Waals surface area contributed by atoms with Crippen LogP contribution in [0.4, 0.5) is 13.2 Å². The fraction of sp³-hybridized carbons (Fsp3) is 0.480. The van der Waals surface area contributed by atoms with Gasteiger partial charge in [0.1, 0.15) is 0 Å². The van der Waals surface area contributed by atoms with Crippen LogP contribution in [0.2, 0.25) is 0 Å². The van der Waals surface area contributed by atoms with Crippen LogP contribution in [0.1, 0.15) is 55.5 Å². The van der Waals surface area contributed by atoms with Gasteiger partial charge in [-0.1, -0.05) is 24.3 Å². The molecule has 6 heteroatoms. The Morgan fingerprint density at radius 2 is 1.39 bits per heavy atom. The maximum atomic E-state index is 13.3. The lowest BCUT2D eigenvalue weighted by atomic mass is 9.90. The van der Waals surface area contributed by atoms with Gasteiger partial charge in [0.15, 0.2) is 0 Å². The third-order valence-electron chi connectivity index (χ3n) is 6.93. The summed E-state index contributed by atoms with van der Waals surface area (Å²) in [6.45, 7) is 7.45. The van der Waals surface area contributed by atoms with Crippen LogP contribution < -0.4 is 0 Å². The van der Waals surface area contributed by atoms with Crippen molar-refractivity contribution in [3.8, 4) is 11.1 Å². The van der Waals surface area contributed by atoms with E-state index in [0.29, 0.717) is 11.1 Å². The minimum absolute atomic E-state index is 0.0359. The molecule has 3 nitrogen and oxygen atoms in total. The van der Waals surface area contributed by atoms with Crippen LogP contribution in [-0.4, -0.2) is 46.9 Å². The first-order chi connectivity index (χ1) is 14.7. The Bertz CT molecular complexity index is 913. The SMILES string of the molecule is CC(C)(C1CCCN1C(=O)c1ccc(-c2ccc(C(F)(F)F)cc2)cc1)N1CCCC1. The number of rotatable bonds is 4. The second-order valence-electron chi connectivity index (χ2n) is 9.16. The lowest BCUT2D eigenvalue weighted by Gasteiger charge is -2.44. The monoisotopic (exact) mass is 430 g/mol. The highest BCUT2D eigenvalue weighted by atomic mass is 19.4. The molecule has 0 bridgehead atoms. The van der Waals surface area contributed by atoms with E-state index in [-0.39, 0.29) is 17.5 Å². The molecule has 0 saturated carbocycles. The minimum Gasteiger partial charge on any atom is -0.334 e. The van der Waals surface area contributed by atoms with E-state index >= 15 is 0 Å². The van der Waals surface area contributed by atoms with Gasteiger partial charge in [0.2, 0.25) is 0 Å². The van der Waals surface area contributed by atoms with Crippen LogP contribution in [0.3, 0.4) is 0 Å². The fourth-order valence-electron chi connectivity index (χ4n) is 5.07. The van der Waals surface area contributed by atoms with Crippen molar-refractivity contribution < 1.29 is 18.0 Å². The third kappa shape index (κ3) is 4.36. The summed E-state index contributed by atoms with van der Waals surface area (Å²) in [5.74, 6) is 0.0359. The molecule has 166 valence electrons. The van der Waals surface area contributed by atoms with Crippen molar-refractivity contribution in [2.24, 2.45) is 0 Å². The molecule has 31 heavy (non-hydrogen) atoms. The van der Waals surface area contributed by atoms with E-state index in [9.17, 15) is 18.0 Å². The average molecular weight is 431 g/mol. The van der Waals surface area contributed by atoms with Crippen LogP contribution in [0.5, 0.6) is 0 Å². The second kappa shape index (κ2) is 8.30. The summed E-state index contributed by atoms with van der Waals surface area (Å²) in [4.78, 5) is 17.8. The summed E-state index contributed by atoms with van der Waals surface area (Å²) in [5.41, 5.74) is 1.40. The molecule has 2 aromatic rings. The van der Waals surface area contributed by atoms with Gasteiger partial charge in [0.25, 0.3) is 5.91 Å². The molecule has 2 aromatic carbocycles. The largest absolute Gasteiger partial charge is 0.416 e. The number of carbonyl (C=O) groups excluding carboxylic acids is 1. The first-order valence-corrected chi connectivity index (χ1v) is 11.0. The zero-order valence-electron chi connectivity index (χ0n) is 18.1. The Balaban J connectivity index is 1.50. The number of hydrogen-bond acceptors (Lipinski definition) is 2. The van der Waals surface area contributed by atoms with Crippen molar-refractivity contribution in [1.82, 2.24) is 9.80 Å². The third-order valence-corrected chi connectivity index (χ3v) is 6.93. The van der Waals surface area contributed by atoms with Crippen molar-refractivity contribution in [3.05, 3.63) is 59.7 Å². The van der Waals surface area contributed by atoms with Gasteiger partial charge in [-0.05, 0) is 88.0 Å². The summed E-state index contributed by atoms with van der Waals surface area (Å²) in [5, 5.41) is 0. The molecule has 4 rings (SSSR count). The highest BCUT2D eigenvalue weighted by molar-refractivity contribution is 5.95. The van der Waals surface area contributed by atoms with Gasteiger partial charge in [0.05, 0.1) is 5.56 Å². The van der Waals surface area contributed by atoms with Crippen LogP contribution in [-0.2, 0) is 6.18 Å². The second-order valence-corrected chi connectivity index (χ2v) is 9.16. The molecule has 1 amide bonds. The van der Waals surface area contributed by atoms with Crippen molar-refractivity contribution in [3.63, 3.8) is 0 Å². The number of alkyl halides is 3. The van der Waals surface area contributed by atoms with Gasteiger partial charge < -0.3 is 4.90 Å². The van der Waals surface area contributed by atoms with E-state index in [0.717, 1.165) is 50.2 Å². The standard InChI is InChI=1S/C25H29F3N2O/c1-24(2,29-15-3-4-16-29)22-6-5-17-30(22)23(31)20-9-7-18(8-10-20)19-11-13-21(14-12-19)25(26,27)28/h7-14,22H,3-6,15-17H2,1-2H3. The molecular weight excluding hydrogens is 401 g/mol. The van der Waals surface area contributed by atoms with E-state index in [2.05, 4.69) is 18.7 Å². The Labute approximate surface area is 181 Å². The van der Waals surface area contributed by atoms with Crippen LogP contribution in [0, 0.1) is 0 Å². The molecular formula is C25H29F3N2O. The van der Waals surface area contributed by atoms with Crippen molar-refractivity contribution in [1.29, 1.82) is 0 Å². The summed E-state index contributed by atoms with van der Waals surface area (Å²) in [6, 6.07) is 12.5. The maximum Gasteiger partial charge on any atom is 0.416 e. The Hall–Kier alpha value is -2.34. The summed E-state index contributed by atoms with van der Waals surface area (Å²) in [7, 11) is 0. The van der Waals surface area contributed by atoms with Crippen molar-refractivity contribution in [2.45, 2.75) is 57.3 Å². The van der Waals surface area contributed by atoms with Gasteiger partial charge in [-0.15, -0.1) is 0 Å². The Kier molecular flexibility index (Phi) is 5.86. The highest BCUT2D eigenvalue weighted by Crippen LogP contribution is 2.35. The number of halogens is 3. The number of benzene rings is 2. The minimum atomic E-state index is -4.34. The molecule has 0 spiro atoms. The summed E-state index contributed by atoms with van der Waals surface area (Å²) >= 11 is 0. The molecule has 2 heterocycles. The van der Waals surface area contributed by atoms with E-state index in [1.165, 1.54) is 25.0 Å². The highest BCUT2D eigenvalue weighted by Gasteiger charge is 2.43. The lowest BCUT2D eigenvalue weighted by Crippen LogP contribution is -2.57. The predicted molar refractivity (Wildman–Crippen MR) is 116 cm³/mol. The molecule has 2 aliphatic heterocycles. The zero-order valence-corrected chi connectivity index (χ0v) is 18.1. The predicted octanol–water partition coefficient (Wildman–Crippen LogP) is 5.85. The molecule has 2 saturated heterocycles. The first kappa shape index (κ1) is 21.9. The van der Waals surface area contributed by atoms with E-state index < -0.39 is 11.7 Å². The topological polar surface area (TPSA) is 23.6 Å². The van der Waals surface area contributed by atoms with E-state index in [4.69, 9.17) is 0 Å². The quantitative estimate of drug-likeness (QED) is 0.607. The molecule has 2 fully saturated rings. The first-order valence-electron chi connectivity index (χ1n) is 11.0. The number of nitrogens with zero attached hydrogens (tertiary/aromatic N) is 2. The van der Waals surface area contributed by atoms with Crippen molar-refractivity contribution in [2.75, 3.05) is 19.6 Å². The molecule has 2 aliphatic rings. The number of amides is 1. The number of hydrogen-bond donors (Lipinski definition) is 0. The average Bonchev–Trinajstić information content (AvgIpc) is 3.45. The van der Waals surface area contributed by atoms with Crippen LogP contribution >= 0.6 is 0 Å². The van der Waals surface area contributed by atoms with Crippen LogP contribution in [0.25, 0.3) is 11.1 Å². The molecule has 0 radical (unpaired) electrons. The Morgan fingerprint density at radius 3 is 1.94 bits per heavy atom. The summed E-state index contributed by atoms with van der Waals surface area (Å²) < 4.78 is 38.3. The van der Waals surface area contributed by atoms with Gasteiger partial charge in [-0.2, -0.15) is 13.2 Å². The van der Waals surface area contributed by atoms with Gasteiger partial charge in [-0.25, -0.2) is 0 Å². The molecule has 0 aliphatic carbocycles. The smallest absolute Gasteiger partial charge is 0.334 e. The molecule has 0 N–H and O–H groups in total. The molecule has 1 unspecified atom stereocenters. The number of likely N-dealkylation sites (tertiary alicyclic amines) is 2. The summed E-state index contributed by atoms with van der Waals surface area (Å²) in [6.07, 6.45) is 0.116. The van der Waals surface area contributed by atoms with E-state index in [1.54, 1.807) is 12.1 Å². The van der Waals surface area contributed by atoms with Crippen LogP contribution in [0.15, 0.2) is 48.5 Å². The maximum absolute atomic E-state index is 13.3. The van der Waals surface area contributed by atoms with Gasteiger partial charge in [-0.3, -0.25) is 9.69 Å². The number of carbonyl (C=O) groups is 1. The van der Waals surface area contributed by atoms with Gasteiger partial charge in [0, 0.05) is 23.7 Å². The van der Waals surface area contributed by atoms with Gasteiger partial charge >= 0.3 is 6.18 Å². The molecule has 0 aromatic heterocycles. The lowest BCUT2D eigenvalue weighted by molar-refractivity contribution is -0.137. The van der Waals surface area contributed by atoms with E-state index in [1.807, 2.05) is 17.0 Å². The zero-order chi connectivity index (χ0) is 22.2. The fourth-order valence-corrected chi connectivity index (χ4v) is 5.07. The van der Waals surface area contributed by atoms with Crippen molar-refractivity contribution >= 4 is 5.91 Å². The molecule has 1 atom stereocenters.